The lowest BCUT2D eigenvalue weighted by Crippen LogP contribution is -2.47. The van der Waals surface area contributed by atoms with Gasteiger partial charge in [-0.15, -0.1) is 0 Å². The summed E-state index contributed by atoms with van der Waals surface area (Å²) < 4.78 is 0. The third kappa shape index (κ3) is 2.06. The van der Waals surface area contributed by atoms with Crippen LogP contribution in [0.5, 0.6) is 0 Å². The van der Waals surface area contributed by atoms with E-state index in [0.717, 1.165) is 25.8 Å². The second kappa shape index (κ2) is 5.03. The van der Waals surface area contributed by atoms with Gasteiger partial charge in [0, 0.05) is 6.54 Å². The molecule has 2 aliphatic heterocycles. The van der Waals surface area contributed by atoms with Crippen molar-refractivity contribution < 1.29 is 4.79 Å². The largest absolute Gasteiger partial charge is 0.335 e. The van der Waals surface area contributed by atoms with Crippen LogP contribution in [-0.4, -0.2) is 17.4 Å². The van der Waals surface area contributed by atoms with Crippen LogP contribution in [0.15, 0.2) is 54.6 Å². The van der Waals surface area contributed by atoms with Crippen molar-refractivity contribution in [1.82, 2.24) is 4.90 Å². The van der Waals surface area contributed by atoms with E-state index in [-0.39, 0.29) is 5.92 Å². The van der Waals surface area contributed by atoms with Crippen LogP contribution >= 0.6 is 0 Å². The van der Waals surface area contributed by atoms with Gasteiger partial charge in [0.1, 0.15) is 0 Å². The maximum Gasteiger partial charge on any atom is 0.230 e. The highest BCUT2D eigenvalue weighted by atomic mass is 16.2. The number of rotatable bonds is 3. The third-order valence-electron chi connectivity index (χ3n) is 4.90. The quantitative estimate of drug-likeness (QED) is 0.838. The number of piperidine rings is 1. The summed E-state index contributed by atoms with van der Waals surface area (Å²) in [6.45, 7) is 0.832. The fraction of sp³-hybridized carbons (Fsp3) is 0.316. The van der Waals surface area contributed by atoms with Crippen LogP contribution in [0.25, 0.3) is 0 Å². The second-order valence-electron chi connectivity index (χ2n) is 6.04. The van der Waals surface area contributed by atoms with Crippen molar-refractivity contribution in [3.8, 4) is 0 Å². The van der Waals surface area contributed by atoms with Gasteiger partial charge >= 0.3 is 0 Å². The second-order valence-corrected chi connectivity index (χ2v) is 6.04. The molecule has 1 saturated heterocycles. The highest BCUT2D eigenvalue weighted by Gasteiger charge is 2.43. The lowest BCUT2D eigenvalue weighted by Gasteiger charge is -2.46. The minimum atomic E-state index is 0.0990. The molecule has 2 bridgehead atoms. The first kappa shape index (κ1) is 12.6. The van der Waals surface area contributed by atoms with E-state index >= 15 is 0 Å². The molecule has 0 saturated carbocycles. The first-order valence-electron chi connectivity index (χ1n) is 7.78. The first-order valence-corrected chi connectivity index (χ1v) is 7.78. The van der Waals surface area contributed by atoms with E-state index in [9.17, 15) is 4.79 Å². The predicted octanol–water partition coefficient (Wildman–Crippen LogP) is 3.69. The lowest BCUT2D eigenvalue weighted by molar-refractivity contribution is -0.140. The number of nitrogens with zero attached hydrogens (tertiary/aromatic N) is 1. The molecular formula is C19H19NO. The van der Waals surface area contributed by atoms with Crippen LogP contribution in [0.2, 0.25) is 0 Å². The van der Waals surface area contributed by atoms with Gasteiger partial charge in [-0.05, 0) is 36.0 Å². The van der Waals surface area contributed by atoms with Crippen molar-refractivity contribution in [2.75, 3.05) is 6.54 Å². The number of amides is 1. The monoisotopic (exact) mass is 277 g/mol. The number of carbonyl (C=O) groups excluding carboxylic acids is 1. The number of fused-ring (bicyclic) bond motifs is 2. The molecule has 2 aromatic carbocycles. The maximum absolute atomic E-state index is 12.7. The molecule has 2 aromatic rings. The van der Waals surface area contributed by atoms with E-state index in [0.29, 0.717) is 11.9 Å². The van der Waals surface area contributed by atoms with Gasteiger partial charge < -0.3 is 4.90 Å². The summed E-state index contributed by atoms with van der Waals surface area (Å²) in [6.07, 6.45) is 3.07. The molecular weight excluding hydrogens is 258 g/mol. The fourth-order valence-corrected chi connectivity index (χ4v) is 3.86. The Bertz CT molecular complexity index is 664. The zero-order valence-electron chi connectivity index (χ0n) is 12.0. The molecule has 1 aliphatic carbocycles. The van der Waals surface area contributed by atoms with Crippen molar-refractivity contribution in [2.24, 2.45) is 0 Å². The molecule has 2 unspecified atom stereocenters. The Morgan fingerprint density at radius 3 is 2.43 bits per heavy atom. The van der Waals surface area contributed by atoms with Crippen LogP contribution in [0.1, 0.15) is 41.5 Å². The normalized spacial score (nSPS) is 23.2. The molecule has 5 rings (SSSR count). The molecule has 2 heterocycles. The van der Waals surface area contributed by atoms with E-state index < -0.39 is 0 Å². The Morgan fingerprint density at radius 1 is 0.905 bits per heavy atom. The Hall–Kier alpha value is -2.09. The van der Waals surface area contributed by atoms with Crippen molar-refractivity contribution in [2.45, 2.75) is 31.2 Å². The van der Waals surface area contributed by atoms with Gasteiger partial charge in [0.15, 0.2) is 0 Å². The van der Waals surface area contributed by atoms with E-state index in [2.05, 4.69) is 53.4 Å². The van der Waals surface area contributed by atoms with Crippen LogP contribution in [0.3, 0.4) is 0 Å². The summed E-state index contributed by atoms with van der Waals surface area (Å²) in [4.78, 5) is 14.8. The zero-order valence-corrected chi connectivity index (χ0v) is 12.0. The van der Waals surface area contributed by atoms with E-state index in [1.807, 2.05) is 6.07 Å². The Kier molecular flexibility index (Phi) is 3.03. The molecule has 2 atom stereocenters. The molecule has 0 radical (unpaired) electrons. The van der Waals surface area contributed by atoms with Gasteiger partial charge in [-0.25, -0.2) is 0 Å². The fourth-order valence-electron chi connectivity index (χ4n) is 3.86. The van der Waals surface area contributed by atoms with Gasteiger partial charge in [-0.2, -0.15) is 0 Å². The highest BCUT2D eigenvalue weighted by molar-refractivity contribution is 5.87. The highest BCUT2D eigenvalue weighted by Crippen LogP contribution is 2.47. The SMILES string of the molecule is O=C1C2CCC(c3ccccc32)N1CCc1ccccc1. The summed E-state index contributed by atoms with van der Waals surface area (Å²) in [6, 6.07) is 19.2. The van der Waals surface area contributed by atoms with E-state index in [1.54, 1.807) is 0 Å². The first-order chi connectivity index (χ1) is 10.3. The van der Waals surface area contributed by atoms with Gasteiger partial charge in [-0.3, -0.25) is 4.79 Å². The summed E-state index contributed by atoms with van der Waals surface area (Å²) >= 11 is 0. The molecule has 0 spiro atoms. The Morgan fingerprint density at radius 2 is 1.62 bits per heavy atom. The summed E-state index contributed by atoms with van der Waals surface area (Å²) in [5.41, 5.74) is 3.95. The molecule has 3 aliphatic rings. The third-order valence-corrected chi connectivity index (χ3v) is 4.90. The number of benzene rings is 2. The molecule has 1 amide bonds. The molecule has 106 valence electrons. The molecule has 2 heteroatoms. The molecule has 1 fully saturated rings. The maximum atomic E-state index is 12.7. The summed E-state index contributed by atoms with van der Waals surface area (Å²) in [5.74, 6) is 0.433. The van der Waals surface area contributed by atoms with Crippen LogP contribution < -0.4 is 0 Å². The van der Waals surface area contributed by atoms with Crippen molar-refractivity contribution in [1.29, 1.82) is 0 Å². The number of carbonyl (C=O) groups is 1. The number of hydrogen-bond donors (Lipinski definition) is 0. The van der Waals surface area contributed by atoms with Crippen molar-refractivity contribution in [3.05, 3.63) is 71.3 Å². The average molecular weight is 277 g/mol. The van der Waals surface area contributed by atoms with Crippen LogP contribution in [-0.2, 0) is 11.2 Å². The van der Waals surface area contributed by atoms with Gasteiger partial charge in [0.25, 0.3) is 0 Å². The smallest absolute Gasteiger partial charge is 0.230 e. The minimum Gasteiger partial charge on any atom is -0.335 e. The molecule has 0 N–H and O–H groups in total. The van der Waals surface area contributed by atoms with E-state index in [1.165, 1.54) is 16.7 Å². The lowest BCUT2D eigenvalue weighted by atomic mass is 9.74. The summed E-state index contributed by atoms with van der Waals surface area (Å²) in [7, 11) is 0. The van der Waals surface area contributed by atoms with E-state index in [4.69, 9.17) is 0 Å². The van der Waals surface area contributed by atoms with Crippen molar-refractivity contribution in [3.63, 3.8) is 0 Å². The standard InChI is InChI=1S/C19H19NO/c21-19-17-10-11-18(16-9-5-4-8-15(16)17)20(19)13-12-14-6-2-1-3-7-14/h1-9,17-18H,10-13H2. The minimum absolute atomic E-state index is 0.0990. The molecule has 0 aromatic heterocycles. The Balaban J connectivity index is 1.59. The summed E-state index contributed by atoms with van der Waals surface area (Å²) in [5, 5.41) is 0. The van der Waals surface area contributed by atoms with Crippen LogP contribution in [0, 0.1) is 0 Å². The predicted molar refractivity (Wildman–Crippen MR) is 83.0 cm³/mol. The van der Waals surface area contributed by atoms with Crippen molar-refractivity contribution >= 4 is 5.91 Å². The topological polar surface area (TPSA) is 20.3 Å². The van der Waals surface area contributed by atoms with Gasteiger partial charge in [-0.1, -0.05) is 54.6 Å². The molecule has 2 nitrogen and oxygen atoms in total. The molecule has 21 heavy (non-hydrogen) atoms. The number of hydrogen-bond acceptors (Lipinski definition) is 1. The Labute approximate surface area is 125 Å². The average Bonchev–Trinajstić information content (AvgIpc) is 2.55. The van der Waals surface area contributed by atoms with Gasteiger partial charge in [0.2, 0.25) is 5.91 Å². The van der Waals surface area contributed by atoms with Crippen LogP contribution in [0.4, 0.5) is 0 Å². The zero-order chi connectivity index (χ0) is 14.2. The van der Waals surface area contributed by atoms with Gasteiger partial charge in [0.05, 0.1) is 12.0 Å².